The summed E-state index contributed by atoms with van der Waals surface area (Å²) in [6.07, 6.45) is 1.43. The van der Waals surface area contributed by atoms with Crippen LogP contribution in [0.25, 0.3) is 10.9 Å². The maximum atomic E-state index is 13.3. The number of hydrogen-bond donors (Lipinski definition) is 2. The fraction of sp³-hybridized carbons (Fsp3) is 0.393. The molecule has 1 amide bonds. The zero-order chi connectivity index (χ0) is 26.1. The SMILES string of the molecule is CN(C)CC(=O)Oc1cc(NC(=O)c2c[nH]c3ccccc3c2=O)c(C(C)(C)C)cc1C(C)(C)C.Cl. The number of aromatic amines is 1. The fourth-order valence-electron chi connectivity index (χ4n) is 3.91. The molecule has 0 saturated heterocycles. The summed E-state index contributed by atoms with van der Waals surface area (Å²) in [5.74, 6) is -0.538. The number of nitrogens with one attached hydrogen (secondary N) is 2. The molecule has 2 aromatic carbocycles. The molecule has 0 aliphatic carbocycles. The van der Waals surface area contributed by atoms with Crippen LogP contribution < -0.4 is 15.5 Å². The number of rotatable bonds is 5. The van der Waals surface area contributed by atoms with Crippen molar-refractivity contribution >= 4 is 40.9 Å². The molecule has 194 valence electrons. The Morgan fingerprint density at radius 2 is 1.58 bits per heavy atom. The molecule has 0 bridgehead atoms. The molecule has 0 unspecified atom stereocenters. The number of carbonyl (C=O) groups excluding carboxylic acids is 2. The van der Waals surface area contributed by atoms with Gasteiger partial charge in [-0.3, -0.25) is 19.3 Å². The minimum absolute atomic E-state index is 0. The first kappa shape index (κ1) is 29.1. The number of para-hydroxylation sites is 1. The molecular weight excluding hydrogens is 478 g/mol. The van der Waals surface area contributed by atoms with Crippen molar-refractivity contribution in [2.45, 2.75) is 52.4 Å². The van der Waals surface area contributed by atoms with E-state index in [9.17, 15) is 14.4 Å². The Bertz CT molecular complexity index is 1330. The van der Waals surface area contributed by atoms with Crippen molar-refractivity contribution in [2.24, 2.45) is 0 Å². The van der Waals surface area contributed by atoms with E-state index in [0.29, 0.717) is 22.3 Å². The quantitative estimate of drug-likeness (QED) is 0.358. The summed E-state index contributed by atoms with van der Waals surface area (Å²) >= 11 is 0. The van der Waals surface area contributed by atoms with Crippen LogP contribution in [0.5, 0.6) is 5.75 Å². The first-order valence-corrected chi connectivity index (χ1v) is 11.6. The molecule has 3 rings (SSSR count). The fourth-order valence-corrected chi connectivity index (χ4v) is 3.91. The van der Waals surface area contributed by atoms with Crippen LogP contribution in [-0.2, 0) is 15.6 Å². The number of halogens is 1. The Morgan fingerprint density at radius 1 is 0.972 bits per heavy atom. The molecule has 3 aromatic rings. The van der Waals surface area contributed by atoms with Gasteiger partial charge in [0.1, 0.15) is 11.3 Å². The zero-order valence-corrected chi connectivity index (χ0v) is 23.1. The van der Waals surface area contributed by atoms with E-state index < -0.39 is 11.9 Å². The topological polar surface area (TPSA) is 91.5 Å². The zero-order valence-electron chi connectivity index (χ0n) is 22.2. The number of benzene rings is 2. The lowest BCUT2D eigenvalue weighted by atomic mass is 9.79. The average molecular weight is 514 g/mol. The van der Waals surface area contributed by atoms with Crippen molar-refractivity contribution in [3.63, 3.8) is 0 Å². The van der Waals surface area contributed by atoms with E-state index >= 15 is 0 Å². The molecule has 0 aliphatic heterocycles. The Morgan fingerprint density at radius 3 is 2.17 bits per heavy atom. The first-order valence-electron chi connectivity index (χ1n) is 11.6. The molecular formula is C28H36ClN3O4. The average Bonchev–Trinajstić information content (AvgIpc) is 2.71. The Kier molecular flexibility index (Phi) is 8.76. The van der Waals surface area contributed by atoms with Gasteiger partial charge in [0.15, 0.2) is 0 Å². The van der Waals surface area contributed by atoms with Crippen LogP contribution in [-0.4, -0.2) is 42.4 Å². The van der Waals surface area contributed by atoms with Crippen LogP contribution in [0, 0.1) is 0 Å². The second-order valence-corrected chi connectivity index (χ2v) is 11.1. The van der Waals surface area contributed by atoms with Gasteiger partial charge in [-0.25, -0.2) is 0 Å². The van der Waals surface area contributed by atoms with E-state index in [-0.39, 0.29) is 40.8 Å². The molecule has 36 heavy (non-hydrogen) atoms. The first-order chi connectivity index (χ1) is 16.2. The van der Waals surface area contributed by atoms with Crippen LogP contribution in [0.1, 0.15) is 63.0 Å². The smallest absolute Gasteiger partial charge is 0.325 e. The van der Waals surface area contributed by atoms with Crippen LogP contribution in [0.4, 0.5) is 5.69 Å². The summed E-state index contributed by atoms with van der Waals surface area (Å²) in [4.78, 5) is 43.5. The van der Waals surface area contributed by atoms with Gasteiger partial charge in [0.2, 0.25) is 5.43 Å². The third-order valence-electron chi connectivity index (χ3n) is 5.69. The van der Waals surface area contributed by atoms with Gasteiger partial charge >= 0.3 is 5.97 Å². The number of H-pyrrole nitrogens is 1. The van der Waals surface area contributed by atoms with Crippen LogP contribution in [0.15, 0.2) is 47.4 Å². The van der Waals surface area contributed by atoms with E-state index in [0.717, 1.165) is 11.1 Å². The third-order valence-corrected chi connectivity index (χ3v) is 5.69. The molecule has 7 nitrogen and oxygen atoms in total. The minimum atomic E-state index is -0.531. The molecule has 0 fully saturated rings. The number of aromatic nitrogens is 1. The third kappa shape index (κ3) is 6.53. The number of anilines is 1. The van der Waals surface area contributed by atoms with Crippen LogP contribution >= 0.6 is 12.4 Å². The summed E-state index contributed by atoms with van der Waals surface area (Å²) in [5.41, 5.74) is 1.91. The van der Waals surface area contributed by atoms with Gasteiger partial charge in [-0.2, -0.15) is 0 Å². The van der Waals surface area contributed by atoms with Gasteiger partial charge in [-0.15, -0.1) is 12.4 Å². The molecule has 2 N–H and O–H groups in total. The minimum Gasteiger partial charge on any atom is -0.425 e. The highest BCUT2D eigenvalue weighted by molar-refractivity contribution is 6.06. The standard InChI is InChI=1S/C28H35N3O4.ClH/c1-27(2,3)19-13-20(28(4,5)6)23(35-24(32)16-31(7)8)14-22(19)30-26(34)18-15-29-21-12-10-9-11-17(21)25(18)33;/h9-15H,16H2,1-8H3,(H,29,33)(H,30,34);1H. The summed E-state index contributed by atoms with van der Waals surface area (Å²) in [6.45, 7) is 12.4. The van der Waals surface area contributed by atoms with E-state index in [2.05, 4.69) is 10.3 Å². The van der Waals surface area contributed by atoms with Gasteiger partial charge in [-0.1, -0.05) is 53.7 Å². The lowest BCUT2D eigenvalue weighted by Gasteiger charge is -2.29. The second kappa shape index (κ2) is 10.8. The lowest BCUT2D eigenvalue weighted by Crippen LogP contribution is -2.28. The van der Waals surface area contributed by atoms with Gasteiger partial charge in [0, 0.05) is 34.4 Å². The predicted octanol–water partition coefficient (Wildman–Crippen LogP) is 5.26. The van der Waals surface area contributed by atoms with Crippen molar-refractivity contribution < 1.29 is 14.3 Å². The van der Waals surface area contributed by atoms with Gasteiger partial charge in [0.25, 0.3) is 5.91 Å². The number of pyridine rings is 1. The van der Waals surface area contributed by atoms with Crippen molar-refractivity contribution in [2.75, 3.05) is 26.0 Å². The van der Waals surface area contributed by atoms with E-state index in [1.165, 1.54) is 6.20 Å². The highest BCUT2D eigenvalue weighted by Gasteiger charge is 2.28. The second-order valence-electron chi connectivity index (χ2n) is 11.1. The molecule has 1 aromatic heterocycles. The predicted molar refractivity (Wildman–Crippen MR) is 148 cm³/mol. The normalized spacial score (nSPS) is 11.8. The maximum absolute atomic E-state index is 13.3. The summed E-state index contributed by atoms with van der Waals surface area (Å²) < 4.78 is 5.76. The number of esters is 1. The van der Waals surface area contributed by atoms with E-state index in [1.54, 1.807) is 43.3 Å². The number of likely N-dealkylation sites (N-methyl/N-ethyl adjacent to an activating group) is 1. The highest BCUT2D eigenvalue weighted by atomic mass is 35.5. The van der Waals surface area contributed by atoms with Crippen molar-refractivity contribution in [1.82, 2.24) is 9.88 Å². The molecule has 0 saturated carbocycles. The molecule has 1 heterocycles. The highest BCUT2D eigenvalue weighted by Crippen LogP contribution is 2.40. The van der Waals surface area contributed by atoms with Gasteiger partial charge in [0.05, 0.1) is 6.54 Å². The summed E-state index contributed by atoms with van der Waals surface area (Å²) in [6, 6.07) is 10.7. The molecule has 0 spiro atoms. The van der Waals surface area contributed by atoms with Gasteiger partial charge < -0.3 is 15.0 Å². The molecule has 0 radical (unpaired) electrons. The maximum Gasteiger partial charge on any atom is 0.325 e. The molecule has 0 aliphatic rings. The summed E-state index contributed by atoms with van der Waals surface area (Å²) in [7, 11) is 3.59. The molecule has 0 atom stereocenters. The Balaban J connectivity index is 0.00000456. The summed E-state index contributed by atoms with van der Waals surface area (Å²) in [5, 5.41) is 3.35. The van der Waals surface area contributed by atoms with Crippen LogP contribution in [0.3, 0.4) is 0 Å². The van der Waals surface area contributed by atoms with E-state index in [4.69, 9.17) is 4.74 Å². The van der Waals surface area contributed by atoms with Crippen molar-refractivity contribution in [1.29, 1.82) is 0 Å². The number of hydrogen-bond acceptors (Lipinski definition) is 5. The monoisotopic (exact) mass is 513 g/mol. The Labute approximate surface area is 218 Å². The van der Waals surface area contributed by atoms with Crippen molar-refractivity contribution in [3.8, 4) is 5.75 Å². The Hall–Kier alpha value is -3.16. The lowest BCUT2D eigenvalue weighted by molar-refractivity contribution is -0.135. The number of ether oxygens (including phenoxy) is 1. The molecule has 8 heteroatoms. The van der Waals surface area contributed by atoms with Gasteiger partial charge in [-0.05, 0) is 48.7 Å². The van der Waals surface area contributed by atoms with Crippen molar-refractivity contribution in [3.05, 3.63) is 69.5 Å². The number of nitrogens with zero attached hydrogens (tertiary/aromatic N) is 1. The number of fused-ring (bicyclic) bond motifs is 1. The van der Waals surface area contributed by atoms with Crippen LogP contribution in [0.2, 0.25) is 0 Å². The number of amides is 1. The van der Waals surface area contributed by atoms with E-state index in [1.807, 2.05) is 53.7 Å². The largest absolute Gasteiger partial charge is 0.425 e. The number of carbonyl (C=O) groups is 2.